The number of ether oxygens (including phenoxy) is 2. The molecule has 1 atom stereocenters. The van der Waals surface area contributed by atoms with E-state index in [2.05, 4.69) is 15.3 Å². The van der Waals surface area contributed by atoms with Crippen molar-refractivity contribution in [3.8, 4) is 22.6 Å². The normalized spacial score (nSPS) is 11.9. The third kappa shape index (κ3) is 5.26. The summed E-state index contributed by atoms with van der Waals surface area (Å²) < 4.78 is 10.6. The maximum absolute atomic E-state index is 12.8. The summed E-state index contributed by atoms with van der Waals surface area (Å²) in [6.45, 7) is 2.21. The van der Waals surface area contributed by atoms with E-state index in [0.29, 0.717) is 39.8 Å². The van der Waals surface area contributed by atoms with Gasteiger partial charge in [-0.05, 0) is 30.2 Å². The minimum Gasteiger partial charge on any atom is -0.493 e. The van der Waals surface area contributed by atoms with E-state index >= 15 is 0 Å². The fourth-order valence-electron chi connectivity index (χ4n) is 3.50. The number of nitrogens with zero attached hydrogens (tertiary/aromatic N) is 1. The van der Waals surface area contributed by atoms with Crippen molar-refractivity contribution in [3.05, 3.63) is 75.7 Å². The number of benzene rings is 2. The first kappa shape index (κ1) is 23.8. The van der Waals surface area contributed by atoms with Crippen LogP contribution >= 0.6 is 23.1 Å². The predicted octanol–water partition coefficient (Wildman–Crippen LogP) is 4.61. The monoisotopic (exact) mass is 495 g/mol. The van der Waals surface area contributed by atoms with Gasteiger partial charge in [-0.3, -0.25) is 9.59 Å². The fourth-order valence-corrected chi connectivity index (χ4v) is 5.24. The molecule has 0 aliphatic carbocycles. The summed E-state index contributed by atoms with van der Waals surface area (Å²) in [5.41, 5.74) is 2.62. The zero-order chi connectivity index (χ0) is 24.1. The first-order valence-electron chi connectivity index (χ1n) is 10.7. The average Bonchev–Trinajstić information content (AvgIpc) is 3.30. The van der Waals surface area contributed by atoms with Gasteiger partial charge < -0.3 is 19.8 Å². The third-order valence-corrected chi connectivity index (χ3v) is 7.36. The summed E-state index contributed by atoms with van der Waals surface area (Å²) in [4.78, 5) is 33.6. The Labute approximate surface area is 205 Å². The predicted molar refractivity (Wildman–Crippen MR) is 138 cm³/mol. The van der Waals surface area contributed by atoms with E-state index in [4.69, 9.17) is 9.47 Å². The lowest BCUT2D eigenvalue weighted by molar-refractivity contribution is -0.120. The number of amides is 1. The Hall–Kier alpha value is -3.30. The molecule has 7 nitrogen and oxygen atoms in total. The van der Waals surface area contributed by atoms with Crippen LogP contribution in [0, 0.1) is 0 Å². The van der Waals surface area contributed by atoms with E-state index in [1.165, 1.54) is 23.1 Å². The van der Waals surface area contributed by atoms with E-state index in [-0.39, 0.29) is 16.7 Å². The second kappa shape index (κ2) is 10.8. The number of carbonyl (C=O) groups excluding carboxylic acids is 1. The van der Waals surface area contributed by atoms with Crippen LogP contribution in [0.2, 0.25) is 0 Å². The lowest BCUT2D eigenvalue weighted by atomic mass is 10.1. The Morgan fingerprint density at radius 3 is 2.65 bits per heavy atom. The van der Waals surface area contributed by atoms with Crippen LogP contribution in [-0.2, 0) is 17.1 Å². The molecule has 0 unspecified atom stereocenters. The van der Waals surface area contributed by atoms with Crippen LogP contribution in [-0.4, -0.2) is 35.3 Å². The number of carbonyl (C=O) groups is 1. The molecule has 34 heavy (non-hydrogen) atoms. The third-order valence-electron chi connectivity index (χ3n) is 5.33. The van der Waals surface area contributed by atoms with E-state index in [1.54, 1.807) is 14.2 Å². The second-order valence-corrected chi connectivity index (χ2v) is 9.76. The minimum atomic E-state index is -0.315. The fraction of sp³-hybridized carbons (Fsp3) is 0.240. The molecule has 0 spiro atoms. The SMILES string of the molecule is COc1ccc(CNC(=O)[C@H](C)SCc2nc3scc(-c4ccccc4)c3c(=O)[nH]2)cc1OC. The summed E-state index contributed by atoms with van der Waals surface area (Å²) in [5, 5.41) is 5.19. The molecule has 2 heterocycles. The molecular weight excluding hydrogens is 470 g/mol. The first-order valence-corrected chi connectivity index (χ1v) is 12.6. The van der Waals surface area contributed by atoms with Crippen LogP contribution in [0.1, 0.15) is 18.3 Å². The van der Waals surface area contributed by atoms with Crippen LogP contribution < -0.4 is 20.3 Å². The van der Waals surface area contributed by atoms with Crippen molar-refractivity contribution in [1.29, 1.82) is 0 Å². The van der Waals surface area contributed by atoms with Crippen molar-refractivity contribution >= 4 is 39.2 Å². The van der Waals surface area contributed by atoms with E-state index in [9.17, 15) is 9.59 Å². The Kier molecular flexibility index (Phi) is 7.54. The molecule has 4 rings (SSSR count). The molecule has 0 bridgehead atoms. The van der Waals surface area contributed by atoms with E-state index in [0.717, 1.165) is 16.7 Å². The molecule has 2 aromatic carbocycles. The van der Waals surface area contributed by atoms with Crippen LogP contribution in [0.5, 0.6) is 11.5 Å². The zero-order valence-corrected chi connectivity index (χ0v) is 20.7. The number of fused-ring (bicyclic) bond motifs is 1. The number of rotatable bonds is 9. The van der Waals surface area contributed by atoms with Crippen LogP contribution in [0.25, 0.3) is 21.3 Å². The molecule has 0 radical (unpaired) electrons. The van der Waals surface area contributed by atoms with Gasteiger partial charge in [-0.25, -0.2) is 4.98 Å². The second-order valence-electron chi connectivity index (χ2n) is 7.57. The van der Waals surface area contributed by atoms with Crippen LogP contribution in [0.4, 0.5) is 0 Å². The summed E-state index contributed by atoms with van der Waals surface area (Å²) in [6.07, 6.45) is 0. The molecule has 0 saturated heterocycles. The Morgan fingerprint density at radius 2 is 1.91 bits per heavy atom. The average molecular weight is 496 g/mol. The van der Waals surface area contributed by atoms with Gasteiger partial charge in [-0.1, -0.05) is 36.4 Å². The van der Waals surface area contributed by atoms with Gasteiger partial charge in [-0.2, -0.15) is 0 Å². The van der Waals surface area contributed by atoms with Gasteiger partial charge in [0, 0.05) is 17.5 Å². The van der Waals surface area contributed by atoms with Crippen molar-refractivity contribution < 1.29 is 14.3 Å². The smallest absolute Gasteiger partial charge is 0.260 e. The van der Waals surface area contributed by atoms with Gasteiger partial charge >= 0.3 is 0 Å². The molecule has 0 saturated carbocycles. The van der Waals surface area contributed by atoms with Crippen molar-refractivity contribution in [3.63, 3.8) is 0 Å². The number of aromatic nitrogens is 2. The van der Waals surface area contributed by atoms with Crippen molar-refractivity contribution in [2.45, 2.75) is 24.5 Å². The molecular formula is C25H25N3O4S2. The molecule has 2 N–H and O–H groups in total. The standard InChI is InChI=1S/C25H25N3O4S2/c1-15(23(29)26-12-16-9-10-19(31-2)20(11-16)32-3)33-14-21-27-24(30)22-18(13-34-25(22)28-21)17-7-5-4-6-8-17/h4-11,13,15H,12,14H2,1-3H3,(H,26,29)(H,27,28,30)/t15-/m0/s1. The molecule has 0 aliphatic rings. The molecule has 1 amide bonds. The van der Waals surface area contributed by atoms with Crippen LogP contribution in [0.15, 0.2) is 58.7 Å². The van der Waals surface area contributed by atoms with Gasteiger partial charge in [0.15, 0.2) is 11.5 Å². The molecule has 0 aliphatic heterocycles. The maximum atomic E-state index is 12.8. The number of nitrogens with one attached hydrogen (secondary N) is 2. The highest BCUT2D eigenvalue weighted by Crippen LogP contribution is 2.31. The number of hydrogen-bond acceptors (Lipinski definition) is 7. The summed E-state index contributed by atoms with van der Waals surface area (Å²) in [5.74, 6) is 2.15. The number of methoxy groups -OCH3 is 2. The van der Waals surface area contributed by atoms with Crippen molar-refractivity contribution in [1.82, 2.24) is 15.3 Å². The highest BCUT2D eigenvalue weighted by molar-refractivity contribution is 7.99. The van der Waals surface area contributed by atoms with Gasteiger partial charge in [0.2, 0.25) is 5.91 Å². The van der Waals surface area contributed by atoms with Gasteiger partial charge in [0.1, 0.15) is 10.7 Å². The number of aromatic amines is 1. The van der Waals surface area contributed by atoms with Crippen molar-refractivity contribution in [2.75, 3.05) is 14.2 Å². The summed E-state index contributed by atoms with van der Waals surface area (Å²) in [7, 11) is 3.16. The van der Waals surface area contributed by atoms with Gasteiger partial charge in [-0.15, -0.1) is 23.1 Å². The minimum absolute atomic E-state index is 0.0919. The van der Waals surface area contributed by atoms with Crippen molar-refractivity contribution in [2.24, 2.45) is 0 Å². The number of thiophene rings is 1. The van der Waals surface area contributed by atoms with Crippen LogP contribution in [0.3, 0.4) is 0 Å². The van der Waals surface area contributed by atoms with E-state index in [1.807, 2.05) is 60.8 Å². The van der Waals surface area contributed by atoms with Gasteiger partial charge in [0.05, 0.1) is 30.6 Å². The highest BCUT2D eigenvalue weighted by atomic mass is 32.2. The zero-order valence-electron chi connectivity index (χ0n) is 19.1. The Morgan fingerprint density at radius 1 is 1.15 bits per heavy atom. The highest BCUT2D eigenvalue weighted by Gasteiger charge is 2.17. The Bertz CT molecular complexity index is 1350. The largest absolute Gasteiger partial charge is 0.493 e. The quantitative estimate of drug-likeness (QED) is 0.352. The number of thioether (sulfide) groups is 1. The topological polar surface area (TPSA) is 93.3 Å². The number of hydrogen-bond donors (Lipinski definition) is 2. The Balaban J connectivity index is 1.38. The molecule has 2 aromatic heterocycles. The molecule has 176 valence electrons. The lowest BCUT2D eigenvalue weighted by Crippen LogP contribution is -2.30. The molecule has 9 heteroatoms. The van der Waals surface area contributed by atoms with Gasteiger partial charge in [0.25, 0.3) is 5.56 Å². The van der Waals surface area contributed by atoms with E-state index < -0.39 is 0 Å². The molecule has 4 aromatic rings. The lowest BCUT2D eigenvalue weighted by Gasteiger charge is -2.13. The first-order chi connectivity index (χ1) is 16.5. The summed E-state index contributed by atoms with van der Waals surface area (Å²) in [6, 6.07) is 15.3. The maximum Gasteiger partial charge on any atom is 0.260 e. The number of H-pyrrole nitrogens is 1. The molecule has 0 fully saturated rings. The summed E-state index contributed by atoms with van der Waals surface area (Å²) >= 11 is 2.87.